The van der Waals surface area contributed by atoms with E-state index in [2.05, 4.69) is 15.3 Å². The molecule has 0 spiro atoms. The highest BCUT2D eigenvalue weighted by Crippen LogP contribution is 2.19. The van der Waals surface area contributed by atoms with Crippen LogP contribution in [-0.4, -0.2) is 15.9 Å². The van der Waals surface area contributed by atoms with Crippen molar-refractivity contribution in [2.75, 3.05) is 5.32 Å². The molecular formula is C14H9Cl2N3O. The number of fused-ring (bicyclic) bond motifs is 1. The largest absolute Gasteiger partial charge is 0.324 e. The zero-order valence-electron chi connectivity index (χ0n) is 10.2. The summed E-state index contributed by atoms with van der Waals surface area (Å²) in [6, 6.07) is 11.9. The second-order valence-corrected chi connectivity index (χ2v) is 5.08. The van der Waals surface area contributed by atoms with Crippen molar-refractivity contribution >= 4 is 46.1 Å². The molecule has 3 aromatic rings. The molecule has 0 aliphatic heterocycles. The average Bonchev–Trinajstić information content (AvgIpc) is 2.80. The molecule has 1 heterocycles. The molecule has 2 N–H and O–H groups in total. The predicted octanol–water partition coefficient (Wildman–Crippen LogP) is 4.12. The summed E-state index contributed by atoms with van der Waals surface area (Å²) in [4.78, 5) is 19.3. The predicted molar refractivity (Wildman–Crippen MR) is 80.5 cm³/mol. The van der Waals surface area contributed by atoms with Crippen molar-refractivity contribution in [3.63, 3.8) is 0 Å². The van der Waals surface area contributed by atoms with Crippen LogP contribution in [0.15, 0.2) is 42.5 Å². The van der Waals surface area contributed by atoms with Crippen LogP contribution in [0.5, 0.6) is 0 Å². The lowest BCUT2D eigenvalue weighted by Gasteiger charge is -2.01. The molecule has 4 nitrogen and oxygen atoms in total. The quantitative estimate of drug-likeness (QED) is 0.748. The molecule has 6 heteroatoms. The van der Waals surface area contributed by atoms with E-state index < -0.39 is 0 Å². The number of carbonyl (C=O) groups excluding carboxylic acids is 1. The molecule has 0 atom stereocenters. The fourth-order valence-corrected chi connectivity index (χ4v) is 2.12. The zero-order valence-corrected chi connectivity index (χ0v) is 11.7. The van der Waals surface area contributed by atoms with E-state index in [0.29, 0.717) is 21.6 Å². The third kappa shape index (κ3) is 2.61. The van der Waals surface area contributed by atoms with Crippen LogP contribution in [0.1, 0.15) is 10.4 Å². The molecule has 100 valence electrons. The average molecular weight is 306 g/mol. The summed E-state index contributed by atoms with van der Waals surface area (Å²) in [5.41, 5.74) is 2.01. The summed E-state index contributed by atoms with van der Waals surface area (Å²) in [7, 11) is 0. The van der Waals surface area contributed by atoms with E-state index >= 15 is 0 Å². The van der Waals surface area contributed by atoms with Crippen LogP contribution in [0.3, 0.4) is 0 Å². The molecule has 0 saturated heterocycles. The molecule has 1 amide bonds. The maximum atomic E-state index is 12.0. The number of imidazole rings is 1. The fourth-order valence-electron chi connectivity index (χ4n) is 1.82. The first-order valence-electron chi connectivity index (χ1n) is 5.84. The minimum absolute atomic E-state index is 0.258. The van der Waals surface area contributed by atoms with Crippen LogP contribution in [0.2, 0.25) is 10.0 Å². The SMILES string of the molecule is O=C(Nc1nc2ccc(Cl)cc2[nH]1)c1ccc(Cl)cc1. The van der Waals surface area contributed by atoms with Gasteiger partial charge in [0.2, 0.25) is 5.95 Å². The van der Waals surface area contributed by atoms with Gasteiger partial charge in [0.15, 0.2) is 0 Å². The van der Waals surface area contributed by atoms with Crippen molar-refractivity contribution in [2.45, 2.75) is 0 Å². The third-order valence-corrected chi connectivity index (χ3v) is 3.27. The topological polar surface area (TPSA) is 57.8 Å². The Hall–Kier alpha value is -2.04. The number of H-pyrrole nitrogens is 1. The van der Waals surface area contributed by atoms with Crippen LogP contribution in [0.25, 0.3) is 11.0 Å². The van der Waals surface area contributed by atoms with Gasteiger partial charge in [-0.3, -0.25) is 10.1 Å². The standard InChI is InChI=1S/C14H9Cl2N3O/c15-9-3-1-8(2-4-9)13(20)19-14-17-11-6-5-10(16)7-12(11)18-14/h1-7H,(H2,17,18,19,20). The molecule has 0 saturated carbocycles. The van der Waals surface area contributed by atoms with E-state index in [1.807, 2.05) is 0 Å². The second-order valence-electron chi connectivity index (χ2n) is 4.21. The smallest absolute Gasteiger partial charge is 0.257 e. The molecule has 1 aromatic heterocycles. The number of amides is 1. The van der Waals surface area contributed by atoms with Crippen molar-refractivity contribution in [1.82, 2.24) is 9.97 Å². The van der Waals surface area contributed by atoms with Gasteiger partial charge in [-0.05, 0) is 42.5 Å². The van der Waals surface area contributed by atoms with Gasteiger partial charge in [0.1, 0.15) is 0 Å². The normalized spacial score (nSPS) is 10.7. The Bertz CT molecular complexity index is 781. The molecule has 0 bridgehead atoms. The first kappa shape index (κ1) is 13.0. The Morgan fingerprint density at radius 2 is 1.75 bits per heavy atom. The minimum Gasteiger partial charge on any atom is -0.324 e. The highest BCUT2D eigenvalue weighted by Gasteiger charge is 2.09. The van der Waals surface area contributed by atoms with Gasteiger partial charge in [0.25, 0.3) is 5.91 Å². The van der Waals surface area contributed by atoms with Crippen LogP contribution in [-0.2, 0) is 0 Å². The third-order valence-electron chi connectivity index (χ3n) is 2.78. The van der Waals surface area contributed by atoms with Gasteiger partial charge in [0, 0.05) is 15.6 Å². The lowest BCUT2D eigenvalue weighted by atomic mass is 10.2. The number of rotatable bonds is 2. The Kier molecular flexibility index (Phi) is 3.34. The van der Waals surface area contributed by atoms with Gasteiger partial charge < -0.3 is 4.98 Å². The Morgan fingerprint density at radius 3 is 2.50 bits per heavy atom. The van der Waals surface area contributed by atoms with E-state index in [4.69, 9.17) is 23.2 Å². The molecule has 2 aromatic carbocycles. The number of nitrogens with one attached hydrogen (secondary N) is 2. The van der Waals surface area contributed by atoms with Gasteiger partial charge in [-0.1, -0.05) is 23.2 Å². The summed E-state index contributed by atoms with van der Waals surface area (Å²) >= 11 is 11.7. The Morgan fingerprint density at radius 1 is 1.05 bits per heavy atom. The van der Waals surface area contributed by atoms with Crippen LogP contribution in [0, 0.1) is 0 Å². The Labute approximate surface area is 124 Å². The molecule has 0 aliphatic rings. The van der Waals surface area contributed by atoms with Crippen molar-refractivity contribution in [3.05, 3.63) is 58.1 Å². The molecule has 0 unspecified atom stereocenters. The van der Waals surface area contributed by atoms with Crippen LogP contribution >= 0.6 is 23.2 Å². The highest BCUT2D eigenvalue weighted by atomic mass is 35.5. The van der Waals surface area contributed by atoms with Crippen molar-refractivity contribution < 1.29 is 4.79 Å². The summed E-state index contributed by atoms with van der Waals surface area (Å²) in [6.07, 6.45) is 0. The second kappa shape index (κ2) is 5.15. The molecular weight excluding hydrogens is 297 g/mol. The van der Waals surface area contributed by atoms with Gasteiger partial charge in [-0.2, -0.15) is 0 Å². The number of anilines is 1. The first-order chi connectivity index (χ1) is 9.61. The monoisotopic (exact) mass is 305 g/mol. The summed E-state index contributed by atoms with van der Waals surface area (Å²) in [5, 5.41) is 3.89. The number of hydrogen-bond acceptors (Lipinski definition) is 2. The molecule has 0 aliphatic carbocycles. The number of benzene rings is 2. The lowest BCUT2D eigenvalue weighted by Crippen LogP contribution is -2.12. The van der Waals surface area contributed by atoms with Gasteiger partial charge in [-0.25, -0.2) is 4.98 Å². The van der Waals surface area contributed by atoms with Crippen molar-refractivity contribution in [2.24, 2.45) is 0 Å². The number of aromatic amines is 1. The van der Waals surface area contributed by atoms with E-state index in [1.54, 1.807) is 42.5 Å². The number of carbonyl (C=O) groups is 1. The van der Waals surface area contributed by atoms with Crippen LogP contribution < -0.4 is 5.32 Å². The van der Waals surface area contributed by atoms with Gasteiger partial charge in [-0.15, -0.1) is 0 Å². The molecule has 3 rings (SSSR count). The maximum Gasteiger partial charge on any atom is 0.257 e. The number of aromatic nitrogens is 2. The number of hydrogen-bond donors (Lipinski definition) is 2. The van der Waals surface area contributed by atoms with Crippen molar-refractivity contribution in [3.8, 4) is 0 Å². The molecule has 0 radical (unpaired) electrons. The summed E-state index contributed by atoms with van der Waals surface area (Å²) in [5.74, 6) is 0.119. The van der Waals surface area contributed by atoms with Crippen molar-refractivity contribution in [1.29, 1.82) is 0 Å². The zero-order chi connectivity index (χ0) is 14.1. The number of nitrogens with zero attached hydrogens (tertiary/aromatic N) is 1. The fraction of sp³-hybridized carbons (Fsp3) is 0. The van der Waals surface area contributed by atoms with Gasteiger partial charge >= 0.3 is 0 Å². The van der Waals surface area contributed by atoms with E-state index in [9.17, 15) is 4.79 Å². The van der Waals surface area contributed by atoms with Gasteiger partial charge in [0.05, 0.1) is 11.0 Å². The van der Waals surface area contributed by atoms with E-state index in [-0.39, 0.29) is 5.91 Å². The Balaban J connectivity index is 1.85. The summed E-state index contributed by atoms with van der Waals surface area (Å²) in [6.45, 7) is 0. The minimum atomic E-state index is -0.258. The highest BCUT2D eigenvalue weighted by molar-refractivity contribution is 6.31. The van der Waals surface area contributed by atoms with E-state index in [0.717, 1.165) is 11.0 Å². The number of halogens is 2. The van der Waals surface area contributed by atoms with E-state index in [1.165, 1.54) is 0 Å². The van der Waals surface area contributed by atoms with Crippen LogP contribution in [0.4, 0.5) is 5.95 Å². The molecule has 0 fully saturated rings. The lowest BCUT2D eigenvalue weighted by molar-refractivity contribution is 0.102. The molecule has 20 heavy (non-hydrogen) atoms. The summed E-state index contributed by atoms with van der Waals surface area (Å²) < 4.78 is 0. The maximum absolute atomic E-state index is 12.0. The first-order valence-corrected chi connectivity index (χ1v) is 6.59.